The molecule has 1 N–H and O–H groups in total. The Bertz CT molecular complexity index is 864. The summed E-state index contributed by atoms with van der Waals surface area (Å²) < 4.78 is 37.2. The second-order valence-corrected chi connectivity index (χ2v) is 7.99. The number of ether oxygens (including phenoxy) is 2. The Labute approximate surface area is 166 Å². The van der Waals surface area contributed by atoms with E-state index in [1.54, 1.807) is 50.4 Å². The van der Waals surface area contributed by atoms with E-state index in [9.17, 15) is 13.2 Å². The Balaban J connectivity index is 2.10. The third-order valence-electron chi connectivity index (χ3n) is 4.22. The van der Waals surface area contributed by atoms with Gasteiger partial charge in [0.25, 0.3) is 5.91 Å². The molecule has 0 aliphatic heterocycles. The number of carbonyl (C=O) groups excluding carboxylic acids is 1. The van der Waals surface area contributed by atoms with E-state index in [0.29, 0.717) is 31.0 Å². The lowest BCUT2D eigenvalue weighted by Gasteiger charge is -2.21. The Morgan fingerprint density at radius 1 is 1.04 bits per heavy atom. The Hall–Kier alpha value is -2.42. The number of nitrogens with one attached hydrogen (secondary N) is 1. The van der Waals surface area contributed by atoms with Crippen molar-refractivity contribution in [1.82, 2.24) is 9.62 Å². The highest BCUT2D eigenvalue weighted by Gasteiger charge is 2.23. The SMILES string of the molecule is CCN(Cc1ccc(C(=O)NCCOC)cc1)S(=O)(=O)c1ccc(OC)cc1. The zero-order chi connectivity index (χ0) is 20.6. The minimum absolute atomic E-state index is 0.193. The molecular formula is C20H26N2O5S. The topological polar surface area (TPSA) is 84.9 Å². The van der Waals surface area contributed by atoms with Crippen molar-refractivity contribution in [3.63, 3.8) is 0 Å². The van der Waals surface area contributed by atoms with Gasteiger partial charge in [-0.15, -0.1) is 0 Å². The van der Waals surface area contributed by atoms with Gasteiger partial charge in [-0.05, 0) is 42.0 Å². The van der Waals surface area contributed by atoms with Crippen molar-refractivity contribution in [2.75, 3.05) is 33.9 Å². The number of sulfonamides is 1. The van der Waals surface area contributed by atoms with Crippen LogP contribution in [0.5, 0.6) is 5.75 Å². The average Bonchev–Trinajstić information content (AvgIpc) is 2.72. The predicted molar refractivity (Wildman–Crippen MR) is 107 cm³/mol. The monoisotopic (exact) mass is 406 g/mol. The number of hydrogen-bond acceptors (Lipinski definition) is 5. The summed E-state index contributed by atoms with van der Waals surface area (Å²) in [5.41, 5.74) is 1.31. The lowest BCUT2D eigenvalue weighted by atomic mass is 10.1. The molecule has 0 spiro atoms. The van der Waals surface area contributed by atoms with Gasteiger partial charge < -0.3 is 14.8 Å². The van der Waals surface area contributed by atoms with Gasteiger partial charge in [0.15, 0.2) is 0 Å². The van der Waals surface area contributed by atoms with Crippen LogP contribution in [0.3, 0.4) is 0 Å². The zero-order valence-electron chi connectivity index (χ0n) is 16.3. The number of nitrogens with zero attached hydrogens (tertiary/aromatic N) is 1. The number of rotatable bonds is 10. The first-order valence-electron chi connectivity index (χ1n) is 8.92. The quantitative estimate of drug-likeness (QED) is 0.612. The molecule has 152 valence electrons. The zero-order valence-corrected chi connectivity index (χ0v) is 17.2. The fourth-order valence-electron chi connectivity index (χ4n) is 2.60. The van der Waals surface area contributed by atoms with E-state index in [1.165, 1.54) is 23.5 Å². The minimum atomic E-state index is -3.63. The van der Waals surface area contributed by atoms with Crippen LogP contribution < -0.4 is 10.1 Å². The van der Waals surface area contributed by atoms with Gasteiger partial charge in [-0.1, -0.05) is 19.1 Å². The molecule has 2 rings (SSSR count). The van der Waals surface area contributed by atoms with Crippen LogP contribution in [0.15, 0.2) is 53.4 Å². The molecule has 0 atom stereocenters. The van der Waals surface area contributed by atoms with Gasteiger partial charge in [0.1, 0.15) is 5.75 Å². The smallest absolute Gasteiger partial charge is 0.251 e. The molecule has 0 aliphatic rings. The highest BCUT2D eigenvalue weighted by Crippen LogP contribution is 2.21. The molecule has 0 saturated carbocycles. The molecule has 0 fully saturated rings. The molecule has 7 nitrogen and oxygen atoms in total. The summed E-state index contributed by atoms with van der Waals surface area (Å²) in [7, 11) is -0.530. The van der Waals surface area contributed by atoms with Crippen LogP contribution >= 0.6 is 0 Å². The summed E-state index contributed by atoms with van der Waals surface area (Å²) in [5.74, 6) is 0.406. The molecule has 1 amide bonds. The molecule has 0 heterocycles. The summed E-state index contributed by atoms with van der Waals surface area (Å²) in [6.45, 7) is 3.21. The van der Waals surface area contributed by atoms with Gasteiger partial charge in [0, 0.05) is 32.3 Å². The third kappa shape index (κ3) is 5.54. The number of amides is 1. The summed E-state index contributed by atoms with van der Waals surface area (Å²) in [6.07, 6.45) is 0. The van der Waals surface area contributed by atoms with Crippen molar-refractivity contribution in [3.05, 3.63) is 59.7 Å². The first-order valence-corrected chi connectivity index (χ1v) is 10.4. The van der Waals surface area contributed by atoms with Crippen molar-refractivity contribution >= 4 is 15.9 Å². The fourth-order valence-corrected chi connectivity index (χ4v) is 4.03. The third-order valence-corrected chi connectivity index (χ3v) is 6.15. The number of carbonyl (C=O) groups is 1. The Morgan fingerprint density at radius 3 is 2.21 bits per heavy atom. The van der Waals surface area contributed by atoms with Crippen LogP contribution in [-0.4, -0.2) is 52.5 Å². The molecule has 2 aromatic rings. The normalized spacial score (nSPS) is 11.4. The molecule has 0 radical (unpaired) electrons. The van der Waals surface area contributed by atoms with Crippen LogP contribution in [0.2, 0.25) is 0 Å². The predicted octanol–water partition coefficient (Wildman–Crippen LogP) is 2.28. The van der Waals surface area contributed by atoms with E-state index < -0.39 is 10.0 Å². The molecule has 28 heavy (non-hydrogen) atoms. The highest BCUT2D eigenvalue weighted by molar-refractivity contribution is 7.89. The van der Waals surface area contributed by atoms with Gasteiger partial charge in [0.2, 0.25) is 10.0 Å². The molecule has 8 heteroatoms. The van der Waals surface area contributed by atoms with Crippen LogP contribution in [0.1, 0.15) is 22.8 Å². The van der Waals surface area contributed by atoms with Crippen molar-refractivity contribution in [1.29, 1.82) is 0 Å². The van der Waals surface area contributed by atoms with E-state index >= 15 is 0 Å². The van der Waals surface area contributed by atoms with Crippen LogP contribution in [-0.2, 0) is 21.3 Å². The Morgan fingerprint density at radius 2 is 1.68 bits per heavy atom. The lowest BCUT2D eigenvalue weighted by Crippen LogP contribution is -2.30. The molecule has 2 aromatic carbocycles. The first kappa shape index (κ1) is 21.9. The summed E-state index contributed by atoms with van der Waals surface area (Å²) in [5, 5.41) is 2.75. The average molecular weight is 407 g/mol. The van der Waals surface area contributed by atoms with E-state index in [1.807, 2.05) is 0 Å². The van der Waals surface area contributed by atoms with Crippen LogP contribution in [0.4, 0.5) is 0 Å². The van der Waals surface area contributed by atoms with E-state index in [0.717, 1.165) is 5.56 Å². The summed E-state index contributed by atoms with van der Waals surface area (Å²) >= 11 is 0. The van der Waals surface area contributed by atoms with Crippen molar-refractivity contribution in [2.45, 2.75) is 18.4 Å². The molecular weight excluding hydrogens is 380 g/mol. The lowest BCUT2D eigenvalue weighted by molar-refractivity contribution is 0.0937. The second-order valence-electron chi connectivity index (χ2n) is 6.05. The van der Waals surface area contributed by atoms with E-state index in [-0.39, 0.29) is 17.3 Å². The van der Waals surface area contributed by atoms with Crippen molar-refractivity contribution in [3.8, 4) is 5.75 Å². The Kier molecular flexibility index (Phi) is 7.98. The molecule has 0 aliphatic carbocycles. The van der Waals surface area contributed by atoms with Crippen molar-refractivity contribution in [2.24, 2.45) is 0 Å². The molecule has 0 unspecified atom stereocenters. The number of benzene rings is 2. The minimum Gasteiger partial charge on any atom is -0.497 e. The standard InChI is InChI=1S/C20H26N2O5S/c1-4-22(28(24,25)19-11-9-18(27-3)10-12-19)15-16-5-7-17(8-6-16)20(23)21-13-14-26-2/h5-12H,4,13-15H2,1-3H3,(H,21,23). The second kappa shape index (κ2) is 10.2. The summed E-state index contributed by atoms with van der Waals surface area (Å²) in [6, 6.07) is 13.2. The maximum absolute atomic E-state index is 12.9. The molecule has 0 aromatic heterocycles. The maximum atomic E-state index is 12.9. The van der Waals surface area contributed by atoms with Gasteiger partial charge in [-0.2, -0.15) is 4.31 Å². The van der Waals surface area contributed by atoms with Crippen molar-refractivity contribution < 1.29 is 22.7 Å². The van der Waals surface area contributed by atoms with E-state index in [4.69, 9.17) is 9.47 Å². The van der Waals surface area contributed by atoms with Gasteiger partial charge in [-0.25, -0.2) is 8.42 Å². The fraction of sp³-hybridized carbons (Fsp3) is 0.350. The largest absolute Gasteiger partial charge is 0.497 e. The van der Waals surface area contributed by atoms with E-state index in [2.05, 4.69) is 5.32 Å². The number of methoxy groups -OCH3 is 2. The van der Waals surface area contributed by atoms with Crippen LogP contribution in [0, 0.1) is 0 Å². The highest BCUT2D eigenvalue weighted by atomic mass is 32.2. The van der Waals surface area contributed by atoms with Gasteiger partial charge in [-0.3, -0.25) is 4.79 Å². The first-order chi connectivity index (χ1) is 13.4. The number of hydrogen-bond donors (Lipinski definition) is 1. The van der Waals surface area contributed by atoms with Gasteiger partial charge >= 0.3 is 0 Å². The van der Waals surface area contributed by atoms with Crippen LogP contribution in [0.25, 0.3) is 0 Å². The maximum Gasteiger partial charge on any atom is 0.251 e. The summed E-state index contributed by atoms with van der Waals surface area (Å²) in [4.78, 5) is 12.2. The molecule has 0 bridgehead atoms. The van der Waals surface area contributed by atoms with Gasteiger partial charge in [0.05, 0.1) is 18.6 Å². The molecule has 0 saturated heterocycles.